The van der Waals surface area contributed by atoms with Crippen molar-refractivity contribution in [3.63, 3.8) is 0 Å². The molecule has 1 atom stereocenters. The Bertz CT molecular complexity index is 751. The van der Waals surface area contributed by atoms with Gasteiger partial charge in [0.25, 0.3) is 0 Å². The van der Waals surface area contributed by atoms with E-state index in [9.17, 15) is 5.11 Å². The highest BCUT2D eigenvalue weighted by Crippen LogP contribution is 2.27. The first-order valence-electron chi connectivity index (χ1n) is 9.35. The van der Waals surface area contributed by atoms with E-state index in [0.717, 1.165) is 61.3 Å². The topological polar surface area (TPSA) is 74.5 Å². The molecule has 1 fully saturated rings. The molecule has 7 heteroatoms. The van der Waals surface area contributed by atoms with Gasteiger partial charge in [0, 0.05) is 25.4 Å². The number of hydrogen-bond acceptors (Lipinski definition) is 4. The van der Waals surface area contributed by atoms with Gasteiger partial charge in [0.15, 0.2) is 5.96 Å². The Morgan fingerprint density at radius 3 is 3.00 bits per heavy atom. The number of nitrogens with zero attached hydrogens (tertiary/aromatic N) is 3. The van der Waals surface area contributed by atoms with Gasteiger partial charge in [0.1, 0.15) is 5.82 Å². The number of guanidine groups is 1. The van der Waals surface area contributed by atoms with Gasteiger partial charge in [0.05, 0.1) is 23.2 Å². The summed E-state index contributed by atoms with van der Waals surface area (Å²) in [4.78, 5) is 9.20. The summed E-state index contributed by atoms with van der Waals surface area (Å²) in [7, 11) is 0. The van der Waals surface area contributed by atoms with E-state index in [1.807, 2.05) is 6.07 Å². The largest absolute Gasteiger partial charge is 0.387 e. The number of fused-ring (bicyclic) bond motifs is 1. The number of aliphatic imine (C=N–C) groups is 1. The van der Waals surface area contributed by atoms with E-state index in [0.29, 0.717) is 6.54 Å². The first-order chi connectivity index (χ1) is 12.6. The highest BCUT2D eigenvalue weighted by atomic mass is 32.2. The lowest BCUT2D eigenvalue weighted by Gasteiger charge is -2.20. The molecule has 0 radical (unpaired) electrons. The van der Waals surface area contributed by atoms with Gasteiger partial charge in [-0.2, -0.15) is 11.8 Å². The van der Waals surface area contributed by atoms with Gasteiger partial charge in [-0.1, -0.05) is 12.1 Å². The van der Waals surface area contributed by atoms with Gasteiger partial charge < -0.3 is 20.3 Å². The second-order valence-electron chi connectivity index (χ2n) is 6.80. The minimum atomic E-state index is -0.639. The summed E-state index contributed by atoms with van der Waals surface area (Å²) in [5.41, 5.74) is 1.60. The molecule has 0 aliphatic carbocycles. The smallest absolute Gasteiger partial charge is 0.191 e. The van der Waals surface area contributed by atoms with Crippen molar-refractivity contribution in [1.29, 1.82) is 0 Å². The highest BCUT2D eigenvalue weighted by Gasteiger charge is 2.31. The Labute approximate surface area is 159 Å². The molecule has 1 saturated heterocycles. The Hall–Kier alpha value is -1.73. The molecular weight excluding hydrogens is 346 g/mol. The van der Waals surface area contributed by atoms with Crippen LogP contribution in [-0.4, -0.2) is 57.4 Å². The number of benzene rings is 1. The van der Waals surface area contributed by atoms with Crippen molar-refractivity contribution in [2.75, 3.05) is 31.1 Å². The summed E-state index contributed by atoms with van der Waals surface area (Å²) >= 11 is 1.80. The number of nitrogens with one attached hydrogen (secondary N) is 2. The third-order valence-corrected chi connectivity index (χ3v) is 5.89. The molecule has 6 nitrogen and oxygen atoms in total. The number of para-hydroxylation sites is 2. The van der Waals surface area contributed by atoms with E-state index in [-0.39, 0.29) is 0 Å². The van der Waals surface area contributed by atoms with Crippen LogP contribution in [0, 0.1) is 6.92 Å². The first kappa shape index (κ1) is 19.0. The van der Waals surface area contributed by atoms with E-state index in [1.165, 1.54) is 5.52 Å². The molecule has 142 valence electrons. The third kappa shape index (κ3) is 4.71. The van der Waals surface area contributed by atoms with Crippen LogP contribution in [0.2, 0.25) is 0 Å². The van der Waals surface area contributed by atoms with Crippen LogP contribution in [0.25, 0.3) is 11.0 Å². The Morgan fingerprint density at radius 1 is 1.38 bits per heavy atom. The Morgan fingerprint density at radius 2 is 2.23 bits per heavy atom. The summed E-state index contributed by atoms with van der Waals surface area (Å²) in [6.45, 7) is 7.12. The Kier molecular flexibility index (Phi) is 6.43. The normalized spacial score (nSPS) is 20.7. The van der Waals surface area contributed by atoms with E-state index in [2.05, 4.69) is 57.2 Å². The van der Waals surface area contributed by atoms with Gasteiger partial charge in [-0.25, -0.2) is 4.98 Å². The molecule has 0 bridgehead atoms. The molecule has 2 aromatic rings. The molecule has 0 amide bonds. The maximum atomic E-state index is 10.4. The lowest BCUT2D eigenvalue weighted by atomic mass is 10.1. The third-order valence-electron chi connectivity index (χ3n) is 4.65. The van der Waals surface area contributed by atoms with Crippen molar-refractivity contribution in [2.45, 2.75) is 38.8 Å². The number of thioether (sulfide) groups is 1. The zero-order valence-electron chi connectivity index (χ0n) is 15.7. The lowest BCUT2D eigenvalue weighted by Crippen LogP contribution is -2.40. The van der Waals surface area contributed by atoms with Gasteiger partial charge in [-0.3, -0.25) is 4.99 Å². The van der Waals surface area contributed by atoms with Crippen molar-refractivity contribution >= 4 is 28.8 Å². The number of aliphatic hydroxyl groups is 1. The fraction of sp³-hybridized carbons (Fsp3) is 0.579. The van der Waals surface area contributed by atoms with Crippen LogP contribution in [0.5, 0.6) is 0 Å². The fourth-order valence-corrected chi connectivity index (χ4v) is 4.50. The quantitative estimate of drug-likeness (QED) is 0.393. The van der Waals surface area contributed by atoms with Crippen LogP contribution in [0.1, 0.15) is 25.6 Å². The van der Waals surface area contributed by atoms with E-state index in [1.54, 1.807) is 11.8 Å². The molecule has 26 heavy (non-hydrogen) atoms. The summed E-state index contributed by atoms with van der Waals surface area (Å²) in [5, 5.41) is 17.1. The van der Waals surface area contributed by atoms with Crippen LogP contribution in [0.15, 0.2) is 29.3 Å². The number of aryl methyl sites for hydroxylation is 2. The summed E-state index contributed by atoms with van der Waals surface area (Å²) in [6, 6.07) is 8.25. The predicted molar refractivity (Wildman–Crippen MR) is 110 cm³/mol. The van der Waals surface area contributed by atoms with Crippen molar-refractivity contribution in [3.05, 3.63) is 30.1 Å². The van der Waals surface area contributed by atoms with E-state index in [4.69, 9.17) is 0 Å². The number of aromatic nitrogens is 2. The standard InChI is InChI=1S/C19H29N5OS/c1-3-20-18(22-13-19(25)9-12-26-14-19)21-10-6-11-24-15(2)23-16-7-4-5-8-17(16)24/h4-5,7-8,25H,3,6,9-14H2,1-2H3,(H2,20,21,22). The average Bonchev–Trinajstić information content (AvgIpc) is 3.20. The van der Waals surface area contributed by atoms with Gasteiger partial charge in [0.2, 0.25) is 0 Å². The highest BCUT2D eigenvalue weighted by molar-refractivity contribution is 7.99. The number of rotatable bonds is 7. The van der Waals surface area contributed by atoms with Crippen molar-refractivity contribution in [1.82, 2.24) is 20.2 Å². The molecule has 1 unspecified atom stereocenters. The molecule has 1 aliphatic rings. The molecule has 3 rings (SSSR count). The number of hydrogen-bond donors (Lipinski definition) is 3. The monoisotopic (exact) mass is 375 g/mol. The summed E-state index contributed by atoms with van der Waals surface area (Å²) < 4.78 is 2.26. The Balaban J connectivity index is 1.52. The zero-order valence-corrected chi connectivity index (χ0v) is 16.5. The lowest BCUT2D eigenvalue weighted by molar-refractivity contribution is 0.0778. The summed E-state index contributed by atoms with van der Waals surface area (Å²) in [6.07, 6.45) is 1.80. The molecule has 0 spiro atoms. The molecule has 1 aromatic heterocycles. The fourth-order valence-electron chi connectivity index (χ4n) is 3.21. The van der Waals surface area contributed by atoms with E-state index < -0.39 is 5.60 Å². The van der Waals surface area contributed by atoms with Gasteiger partial charge in [-0.05, 0) is 44.6 Å². The van der Waals surface area contributed by atoms with Gasteiger partial charge >= 0.3 is 0 Å². The van der Waals surface area contributed by atoms with E-state index >= 15 is 0 Å². The average molecular weight is 376 g/mol. The number of imidazole rings is 1. The van der Waals surface area contributed by atoms with Crippen molar-refractivity contribution in [3.8, 4) is 0 Å². The molecule has 1 aliphatic heterocycles. The van der Waals surface area contributed by atoms with Crippen LogP contribution in [-0.2, 0) is 6.54 Å². The maximum Gasteiger partial charge on any atom is 0.191 e. The van der Waals surface area contributed by atoms with Crippen LogP contribution < -0.4 is 10.6 Å². The minimum Gasteiger partial charge on any atom is -0.387 e. The van der Waals surface area contributed by atoms with Gasteiger partial charge in [-0.15, -0.1) is 0 Å². The molecule has 1 aromatic carbocycles. The summed E-state index contributed by atoms with van der Waals surface area (Å²) in [5.74, 6) is 3.63. The van der Waals surface area contributed by atoms with Crippen molar-refractivity contribution < 1.29 is 5.11 Å². The zero-order chi connectivity index (χ0) is 18.4. The molecular formula is C19H29N5OS. The van der Waals surface area contributed by atoms with Crippen molar-refractivity contribution in [2.24, 2.45) is 4.99 Å². The SMILES string of the molecule is CCNC(=NCC1(O)CCSC1)NCCCn1c(C)nc2ccccc21. The predicted octanol–water partition coefficient (Wildman–Crippen LogP) is 2.16. The molecule has 3 N–H and O–H groups in total. The second kappa shape index (κ2) is 8.77. The van der Waals surface area contributed by atoms with Crippen LogP contribution >= 0.6 is 11.8 Å². The molecule has 2 heterocycles. The minimum absolute atomic E-state index is 0.459. The first-order valence-corrected chi connectivity index (χ1v) is 10.5. The maximum absolute atomic E-state index is 10.4. The van der Waals surface area contributed by atoms with Crippen LogP contribution in [0.4, 0.5) is 0 Å². The molecule has 0 saturated carbocycles. The second-order valence-corrected chi connectivity index (χ2v) is 7.91. The van der Waals surface area contributed by atoms with Crippen LogP contribution in [0.3, 0.4) is 0 Å².